The number of hydrogen-bond acceptors (Lipinski definition) is 5. The summed E-state index contributed by atoms with van der Waals surface area (Å²) < 4.78 is 17.9. The van der Waals surface area contributed by atoms with Gasteiger partial charge in [0.25, 0.3) is 0 Å². The van der Waals surface area contributed by atoms with Gasteiger partial charge in [-0.3, -0.25) is 4.79 Å². The second kappa shape index (κ2) is 10.9. The average Bonchev–Trinajstić information content (AvgIpc) is 3.33. The van der Waals surface area contributed by atoms with Gasteiger partial charge in [-0.15, -0.1) is 0 Å². The molecule has 8 atom stereocenters. The number of carbonyl (C=O) groups is 1. The van der Waals surface area contributed by atoms with Crippen LogP contribution in [0.4, 0.5) is 0 Å². The van der Waals surface area contributed by atoms with Crippen molar-refractivity contribution in [3.63, 3.8) is 0 Å². The first-order chi connectivity index (χ1) is 14.8. The van der Waals surface area contributed by atoms with Crippen LogP contribution in [0.15, 0.2) is 23.8 Å². The van der Waals surface area contributed by atoms with E-state index in [0.717, 1.165) is 19.3 Å². The average molecular weight is 451 g/mol. The highest BCUT2D eigenvalue weighted by Crippen LogP contribution is 2.47. The Bertz CT molecular complexity index is 694. The number of ether oxygens (including phenoxy) is 3. The maximum Gasteiger partial charge on any atom is 0.132 e. The highest BCUT2D eigenvalue weighted by molar-refractivity contribution is 5.76. The first-order valence-electron chi connectivity index (χ1n) is 12.2. The molecule has 5 heteroatoms. The molecule has 0 bridgehead atoms. The van der Waals surface area contributed by atoms with Crippen LogP contribution in [0.2, 0.25) is 0 Å². The van der Waals surface area contributed by atoms with Crippen molar-refractivity contribution in [3.05, 3.63) is 23.8 Å². The molecule has 32 heavy (non-hydrogen) atoms. The quantitative estimate of drug-likeness (QED) is 0.344. The molecular weight excluding hydrogens is 404 g/mol. The van der Waals surface area contributed by atoms with Crippen molar-refractivity contribution in [2.75, 3.05) is 7.11 Å². The molecule has 2 saturated heterocycles. The van der Waals surface area contributed by atoms with Gasteiger partial charge in [-0.2, -0.15) is 0 Å². The van der Waals surface area contributed by atoms with E-state index in [2.05, 4.69) is 59.8 Å². The molecule has 2 aliphatic heterocycles. The minimum absolute atomic E-state index is 0.0280. The summed E-state index contributed by atoms with van der Waals surface area (Å²) in [4.78, 5) is 11.5. The largest absolute Gasteiger partial charge is 0.391 e. The van der Waals surface area contributed by atoms with Crippen molar-refractivity contribution in [3.8, 4) is 0 Å². The van der Waals surface area contributed by atoms with Crippen LogP contribution in [0, 0.1) is 17.3 Å². The number of methoxy groups -OCH3 is 1. The van der Waals surface area contributed by atoms with Gasteiger partial charge in [0.2, 0.25) is 0 Å². The second-order valence-electron chi connectivity index (χ2n) is 11.2. The molecule has 0 aliphatic carbocycles. The lowest BCUT2D eigenvalue weighted by atomic mass is 9.75. The Morgan fingerprint density at radius 2 is 1.88 bits per heavy atom. The summed E-state index contributed by atoms with van der Waals surface area (Å²) in [5, 5.41) is 9.96. The van der Waals surface area contributed by atoms with E-state index in [0.29, 0.717) is 12.3 Å². The van der Waals surface area contributed by atoms with Crippen molar-refractivity contribution >= 4 is 5.78 Å². The molecule has 0 aromatic carbocycles. The molecule has 2 fully saturated rings. The van der Waals surface area contributed by atoms with Crippen molar-refractivity contribution in [1.29, 1.82) is 0 Å². The Labute approximate surface area is 195 Å². The topological polar surface area (TPSA) is 68.3 Å². The van der Waals surface area contributed by atoms with Crippen LogP contribution in [0.25, 0.3) is 0 Å². The third-order valence-electron chi connectivity index (χ3n) is 7.29. The van der Waals surface area contributed by atoms with E-state index < -0.39 is 6.10 Å². The van der Waals surface area contributed by atoms with Gasteiger partial charge in [-0.1, -0.05) is 45.9 Å². The van der Waals surface area contributed by atoms with Gasteiger partial charge in [-0.25, -0.2) is 0 Å². The smallest absolute Gasteiger partial charge is 0.132 e. The van der Waals surface area contributed by atoms with Gasteiger partial charge < -0.3 is 19.3 Å². The van der Waals surface area contributed by atoms with E-state index >= 15 is 0 Å². The first-order valence-corrected chi connectivity index (χ1v) is 12.2. The predicted molar refractivity (Wildman–Crippen MR) is 129 cm³/mol. The van der Waals surface area contributed by atoms with Crippen molar-refractivity contribution < 1.29 is 24.1 Å². The van der Waals surface area contributed by atoms with Crippen molar-refractivity contribution in [1.82, 2.24) is 0 Å². The van der Waals surface area contributed by atoms with Crippen LogP contribution < -0.4 is 0 Å². The monoisotopic (exact) mass is 450 g/mol. The number of Topliss-reactive ketones (excluding diaryl/α,β-unsaturated/α-hetero) is 1. The number of aliphatic hydroxyl groups excluding tert-OH is 1. The molecule has 5 nitrogen and oxygen atoms in total. The Balaban J connectivity index is 1.94. The van der Waals surface area contributed by atoms with Crippen LogP contribution in [-0.4, -0.2) is 54.1 Å². The molecule has 184 valence electrons. The minimum atomic E-state index is -0.518. The molecule has 2 heterocycles. The molecule has 0 unspecified atom stereocenters. The molecule has 0 aromatic rings. The maximum absolute atomic E-state index is 11.5. The molecule has 2 rings (SSSR count). The van der Waals surface area contributed by atoms with E-state index in [1.54, 1.807) is 21.0 Å². The Morgan fingerprint density at radius 3 is 2.44 bits per heavy atom. The summed E-state index contributed by atoms with van der Waals surface area (Å²) in [6.07, 6.45) is 9.37. The van der Waals surface area contributed by atoms with Gasteiger partial charge >= 0.3 is 0 Å². The molecule has 0 saturated carbocycles. The summed E-state index contributed by atoms with van der Waals surface area (Å²) in [5.74, 6) is 0.689. The summed E-state index contributed by atoms with van der Waals surface area (Å²) >= 11 is 0. The van der Waals surface area contributed by atoms with Crippen LogP contribution in [0.3, 0.4) is 0 Å². The lowest BCUT2D eigenvalue weighted by molar-refractivity contribution is -0.129. The molecule has 0 aromatic heterocycles. The normalized spacial score (nSPS) is 34.2. The third-order valence-corrected chi connectivity index (χ3v) is 7.29. The van der Waals surface area contributed by atoms with Gasteiger partial charge in [-0.05, 0) is 63.9 Å². The molecular formula is C27H46O5. The standard InChI is InChI=1S/C27H46O5/c1-17(16-27(8)25(32-27)20(4)23(30-9)21(5)29)11-10-12-18(2)24-26(6,7)14-13-22(31-24)15-19(3)28/h10-12,17,20-25,29H,13-16H2,1-9H3/b11-10+,18-12+/t17-,20-,21-,22-,23-,24-,25-,27-/m1/s1. The number of rotatable bonds is 11. The van der Waals surface area contributed by atoms with Crippen molar-refractivity contribution in [2.45, 2.75) is 117 Å². The summed E-state index contributed by atoms with van der Waals surface area (Å²) in [6, 6.07) is 0. The Hall–Kier alpha value is -1.01. The van der Waals surface area contributed by atoms with Gasteiger partial charge in [0.15, 0.2) is 0 Å². The zero-order valence-corrected chi connectivity index (χ0v) is 21.7. The highest BCUT2D eigenvalue weighted by atomic mass is 16.6. The lowest BCUT2D eigenvalue weighted by Gasteiger charge is -2.42. The zero-order chi connectivity index (χ0) is 24.3. The molecule has 0 radical (unpaired) electrons. The fraction of sp³-hybridized carbons (Fsp3) is 0.815. The van der Waals surface area contributed by atoms with E-state index in [9.17, 15) is 9.90 Å². The number of ketones is 1. The summed E-state index contributed by atoms with van der Waals surface area (Å²) in [7, 11) is 1.65. The predicted octanol–water partition coefficient (Wildman–Crippen LogP) is 5.26. The number of hydrogen-bond donors (Lipinski definition) is 1. The fourth-order valence-electron chi connectivity index (χ4n) is 5.60. The maximum atomic E-state index is 11.5. The first kappa shape index (κ1) is 27.2. The SMILES string of the molecule is CO[C@H]([C@@H](C)[C@H]1O[C@]1(C)C[C@H](C)/C=C/C=C(\C)[C@H]1O[C@@H](CC(C)=O)CCC1(C)C)[C@@H](C)O. The van der Waals surface area contributed by atoms with Gasteiger partial charge in [0.05, 0.1) is 36.1 Å². The Kier molecular flexibility index (Phi) is 9.31. The lowest BCUT2D eigenvalue weighted by Crippen LogP contribution is -2.42. The van der Waals surface area contributed by atoms with Crippen LogP contribution in [0.1, 0.15) is 81.1 Å². The van der Waals surface area contributed by atoms with Crippen LogP contribution in [-0.2, 0) is 19.0 Å². The third kappa shape index (κ3) is 6.99. The van der Waals surface area contributed by atoms with Crippen LogP contribution in [0.5, 0.6) is 0 Å². The van der Waals surface area contributed by atoms with E-state index in [-0.39, 0.29) is 47.1 Å². The van der Waals surface area contributed by atoms with Gasteiger partial charge in [0.1, 0.15) is 5.78 Å². The Morgan fingerprint density at radius 1 is 1.22 bits per heavy atom. The molecule has 0 amide bonds. The number of allylic oxidation sites excluding steroid dienone is 3. The van der Waals surface area contributed by atoms with Crippen LogP contribution >= 0.6 is 0 Å². The van der Waals surface area contributed by atoms with Gasteiger partial charge in [0, 0.05) is 19.4 Å². The van der Waals surface area contributed by atoms with Crippen molar-refractivity contribution in [2.24, 2.45) is 17.3 Å². The zero-order valence-electron chi connectivity index (χ0n) is 21.7. The second-order valence-corrected chi connectivity index (χ2v) is 11.2. The minimum Gasteiger partial charge on any atom is -0.391 e. The fourth-order valence-corrected chi connectivity index (χ4v) is 5.60. The van der Waals surface area contributed by atoms with E-state index in [1.807, 2.05) is 0 Å². The number of aliphatic hydroxyl groups is 1. The van der Waals surface area contributed by atoms with E-state index in [4.69, 9.17) is 14.2 Å². The molecule has 2 aliphatic rings. The summed E-state index contributed by atoms with van der Waals surface area (Å²) in [5.41, 5.74) is 1.09. The number of epoxide rings is 1. The number of carbonyl (C=O) groups excluding carboxylic acids is 1. The van der Waals surface area contributed by atoms with E-state index in [1.165, 1.54) is 5.57 Å². The molecule has 1 N–H and O–H groups in total. The summed E-state index contributed by atoms with van der Waals surface area (Å²) in [6.45, 7) is 16.5. The molecule has 0 spiro atoms. The highest BCUT2D eigenvalue weighted by Gasteiger charge is 2.56.